The van der Waals surface area contributed by atoms with Crippen molar-refractivity contribution in [3.8, 4) is 0 Å². The van der Waals surface area contributed by atoms with Gasteiger partial charge in [-0.3, -0.25) is 9.59 Å². The van der Waals surface area contributed by atoms with Crippen LogP contribution in [0.3, 0.4) is 0 Å². The van der Waals surface area contributed by atoms with E-state index in [1.165, 1.54) is 0 Å². The highest BCUT2D eigenvalue weighted by Crippen LogP contribution is 2.33. The van der Waals surface area contributed by atoms with E-state index in [1.54, 1.807) is 0 Å². The molecular formula is C18H30INO4. The lowest BCUT2D eigenvalue weighted by molar-refractivity contribution is -0.170. The number of carbonyl (C=O) groups excluding carboxylic acids is 2. The summed E-state index contributed by atoms with van der Waals surface area (Å²) in [6.07, 6.45) is 5.06. The van der Waals surface area contributed by atoms with Crippen LogP contribution in [-0.2, 0) is 19.1 Å². The summed E-state index contributed by atoms with van der Waals surface area (Å²) in [5.41, 5.74) is -0.404. The Bertz CT molecular complexity index is 438. The topological polar surface area (TPSA) is 64.6 Å². The molecule has 0 amide bonds. The number of carbonyl (C=O) groups is 2. The molecule has 0 aromatic carbocycles. The van der Waals surface area contributed by atoms with Gasteiger partial charge in [-0.15, -0.1) is 0 Å². The van der Waals surface area contributed by atoms with Gasteiger partial charge in [0.1, 0.15) is 15.6 Å². The van der Waals surface area contributed by atoms with Crippen LogP contribution in [0.5, 0.6) is 0 Å². The summed E-state index contributed by atoms with van der Waals surface area (Å²) in [6, 6.07) is 0. The van der Waals surface area contributed by atoms with Crippen LogP contribution >= 0.6 is 22.6 Å². The first-order valence-electron chi connectivity index (χ1n) is 9.07. The summed E-state index contributed by atoms with van der Waals surface area (Å²) in [4.78, 5) is 24.2. The summed E-state index contributed by atoms with van der Waals surface area (Å²) >= 11 is 2.06. The maximum atomic E-state index is 12.5. The normalized spacial score (nSPS) is 27.3. The Balaban J connectivity index is 1.78. The van der Waals surface area contributed by atoms with Gasteiger partial charge in [-0.05, 0) is 72.4 Å². The molecular weight excluding hydrogens is 421 g/mol. The van der Waals surface area contributed by atoms with E-state index in [9.17, 15) is 9.59 Å². The Morgan fingerprint density at radius 3 is 2.21 bits per heavy atom. The minimum Gasteiger partial charge on any atom is -0.462 e. The van der Waals surface area contributed by atoms with Crippen LogP contribution in [0.25, 0.3) is 0 Å². The molecule has 24 heavy (non-hydrogen) atoms. The monoisotopic (exact) mass is 451 g/mol. The molecule has 2 fully saturated rings. The van der Waals surface area contributed by atoms with Crippen molar-refractivity contribution in [3.05, 3.63) is 0 Å². The van der Waals surface area contributed by atoms with E-state index >= 15 is 0 Å². The van der Waals surface area contributed by atoms with Crippen molar-refractivity contribution in [2.45, 2.75) is 74.9 Å². The van der Waals surface area contributed by atoms with Crippen molar-refractivity contribution < 1.29 is 19.1 Å². The number of ether oxygens (including phenoxy) is 2. The third-order valence-electron chi connectivity index (χ3n) is 5.30. The lowest BCUT2D eigenvalue weighted by Gasteiger charge is -2.38. The van der Waals surface area contributed by atoms with Gasteiger partial charge in [-0.2, -0.15) is 0 Å². The van der Waals surface area contributed by atoms with Gasteiger partial charge in [0.25, 0.3) is 0 Å². The molecule has 5 nitrogen and oxygen atoms in total. The number of halogens is 1. The van der Waals surface area contributed by atoms with Crippen LogP contribution in [0.4, 0.5) is 0 Å². The Labute approximate surface area is 158 Å². The maximum absolute atomic E-state index is 12.5. The molecule has 1 N–H and O–H groups in total. The zero-order chi connectivity index (χ0) is 17.7. The van der Waals surface area contributed by atoms with E-state index in [1.807, 2.05) is 20.8 Å². The molecule has 1 saturated heterocycles. The van der Waals surface area contributed by atoms with Crippen molar-refractivity contribution in [2.24, 2.45) is 11.8 Å². The van der Waals surface area contributed by atoms with Crippen molar-refractivity contribution in [3.63, 3.8) is 0 Å². The van der Waals surface area contributed by atoms with Gasteiger partial charge in [-0.25, -0.2) is 0 Å². The Morgan fingerprint density at radius 2 is 1.67 bits per heavy atom. The van der Waals surface area contributed by atoms with Gasteiger partial charge >= 0.3 is 11.9 Å². The molecule has 1 heterocycles. The first-order valence-corrected chi connectivity index (χ1v) is 10.3. The van der Waals surface area contributed by atoms with Crippen LogP contribution in [0, 0.1) is 11.8 Å². The standard InChI is InChI=1S/C18H30INO4/c1-12(19)16(21)23-15-6-4-13(5-7-15)17(22)24-18(2,3)14-8-10-20-11-9-14/h12-15,20H,4-11H2,1-3H3. The summed E-state index contributed by atoms with van der Waals surface area (Å²) in [5.74, 6) is 0.127. The van der Waals surface area contributed by atoms with Crippen LogP contribution in [0.2, 0.25) is 0 Å². The maximum Gasteiger partial charge on any atom is 0.318 e. The molecule has 0 aromatic heterocycles. The van der Waals surface area contributed by atoms with Crippen LogP contribution < -0.4 is 5.32 Å². The van der Waals surface area contributed by atoms with Gasteiger partial charge in [0.05, 0.1) is 5.92 Å². The summed E-state index contributed by atoms with van der Waals surface area (Å²) < 4.78 is 11.2. The van der Waals surface area contributed by atoms with E-state index in [-0.39, 0.29) is 27.9 Å². The molecule has 1 aliphatic carbocycles. The molecule has 2 rings (SSSR count). The lowest BCUT2D eigenvalue weighted by Crippen LogP contribution is -2.44. The van der Waals surface area contributed by atoms with E-state index in [2.05, 4.69) is 27.9 Å². The molecule has 0 spiro atoms. The van der Waals surface area contributed by atoms with Gasteiger partial charge < -0.3 is 14.8 Å². The zero-order valence-corrected chi connectivity index (χ0v) is 17.1. The predicted octanol–water partition coefficient (Wildman–Crippen LogP) is 3.23. The molecule has 0 aromatic rings. The molecule has 1 unspecified atom stereocenters. The fourth-order valence-electron chi connectivity index (χ4n) is 3.62. The third kappa shape index (κ3) is 5.58. The Hall–Kier alpha value is -0.370. The van der Waals surface area contributed by atoms with Crippen LogP contribution in [0.15, 0.2) is 0 Å². The summed E-state index contributed by atoms with van der Waals surface area (Å²) in [7, 11) is 0. The second kappa shape index (κ2) is 8.83. The largest absolute Gasteiger partial charge is 0.462 e. The number of rotatable bonds is 5. The van der Waals surface area contributed by atoms with Gasteiger partial charge in [0.15, 0.2) is 0 Å². The third-order valence-corrected chi connectivity index (χ3v) is 5.81. The van der Waals surface area contributed by atoms with Crippen LogP contribution in [0.1, 0.15) is 59.3 Å². The second-order valence-corrected chi connectivity index (χ2v) is 9.44. The number of alkyl halides is 1. The molecule has 0 radical (unpaired) electrons. The minimum absolute atomic E-state index is 0.0452. The molecule has 138 valence electrons. The molecule has 1 aliphatic heterocycles. The van der Waals surface area contributed by atoms with E-state index in [0.717, 1.165) is 51.6 Å². The highest BCUT2D eigenvalue weighted by molar-refractivity contribution is 14.1. The Morgan fingerprint density at radius 1 is 1.08 bits per heavy atom. The smallest absolute Gasteiger partial charge is 0.318 e. The quantitative estimate of drug-likeness (QED) is 0.395. The van der Waals surface area contributed by atoms with Crippen molar-refractivity contribution in [2.75, 3.05) is 13.1 Å². The fourth-order valence-corrected chi connectivity index (χ4v) is 3.76. The van der Waals surface area contributed by atoms with Crippen molar-refractivity contribution in [1.29, 1.82) is 0 Å². The number of piperidine rings is 1. The Kier molecular flexibility index (Phi) is 7.34. The number of nitrogens with one attached hydrogen (secondary N) is 1. The number of hydrogen-bond acceptors (Lipinski definition) is 5. The number of esters is 2. The number of hydrogen-bond donors (Lipinski definition) is 1. The highest BCUT2D eigenvalue weighted by atomic mass is 127. The van der Waals surface area contributed by atoms with Crippen molar-refractivity contribution in [1.82, 2.24) is 5.32 Å². The van der Waals surface area contributed by atoms with Crippen molar-refractivity contribution >= 4 is 34.5 Å². The first kappa shape index (κ1) is 19.9. The van der Waals surface area contributed by atoms with E-state index in [4.69, 9.17) is 9.47 Å². The predicted molar refractivity (Wildman–Crippen MR) is 101 cm³/mol. The molecule has 6 heteroatoms. The second-order valence-electron chi connectivity index (χ2n) is 7.58. The van der Waals surface area contributed by atoms with Gasteiger partial charge in [0, 0.05) is 5.92 Å². The zero-order valence-electron chi connectivity index (χ0n) is 15.0. The van der Waals surface area contributed by atoms with Gasteiger partial charge in [-0.1, -0.05) is 22.6 Å². The SMILES string of the molecule is CC(I)C(=O)OC1CCC(C(=O)OC(C)(C)C2CCNCC2)CC1. The molecule has 2 aliphatic rings. The van der Waals surface area contributed by atoms with Crippen LogP contribution in [-0.4, -0.2) is 40.7 Å². The molecule has 0 bridgehead atoms. The lowest BCUT2D eigenvalue weighted by atomic mass is 9.82. The van der Waals surface area contributed by atoms with Gasteiger partial charge in [0.2, 0.25) is 0 Å². The molecule has 1 atom stereocenters. The fraction of sp³-hybridized carbons (Fsp3) is 0.889. The minimum atomic E-state index is -0.404. The average molecular weight is 451 g/mol. The summed E-state index contributed by atoms with van der Waals surface area (Å²) in [5, 5.41) is 3.35. The average Bonchev–Trinajstić information content (AvgIpc) is 2.55. The highest BCUT2D eigenvalue weighted by Gasteiger charge is 2.37. The van der Waals surface area contributed by atoms with E-state index in [0.29, 0.717) is 5.92 Å². The first-order chi connectivity index (χ1) is 11.3. The molecule has 1 saturated carbocycles. The van der Waals surface area contributed by atoms with E-state index < -0.39 is 5.60 Å². The summed E-state index contributed by atoms with van der Waals surface area (Å²) in [6.45, 7) is 7.90.